The summed E-state index contributed by atoms with van der Waals surface area (Å²) < 4.78 is 41.9. The molecular weight excluding hydrogens is 460 g/mol. The Morgan fingerprint density at radius 1 is 1.07 bits per heavy atom. The number of aliphatic hydroxyl groups is 1. The van der Waals surface area contributed by atoms with E-state index in [1.165, 1.54) is 0 Å². The minimum absolute atomic E-state index is 0.107. The predicted octanol–water partition coefficient (Wildman–Crippen LogP) is 3.39. The number of hydrogen-bond donors (Lipinski definition) is 1. The quantitative estimate of drug-likeness (QED) is 0.718. The maximum Gasteiger partial charge on any atom is 0.174 e. The van der Waals surface area contributed by atoms with Crippen LogP contribution < -0.4 is 9.47 Å². The van der Waals surface area contributed by atoms with Gasteiger partial charge < -0.3 is 19.3 Å². The first-order chi connectivity index (χ1) is 13.8. The average molecular weight is 483 g/mol. The van der Waals surface area contributed by atoms with E-state index in [4.69, 9.17) is 14.2 Å². The number of sulfone groups is 1. The molecule has 2 aliphatic heterocycles. The van der Waals surface area contributed by atoms with Crippen molar-refractivity contribution in [2.45, 2.75) is 36.9 Å². The molecule has 2 aliphatic rings. The van der Waals surface area contributed by atoms with Gasteiger partial charge in [0.15, 0.2) is 26.8 Å². The zero-order chi connectivity index (χ0) is 20.6. The third-order valence-electron chi connectivity index (χ3n) is 5.19. The van der Waals surface area contributed by atoms with Crippen molar-refractivity contribution in [2.24, 2.45) is 0 Å². The fraction of sp³-hybridized carbons (Fsp3) is 0.429. The molecule has 0 aliphatic carbocycles. The van der Waals surface area contributed by atoms with Gasteiger partial charge in [0.1, 0.15) is 13.2 Å². The number of aliphatic hydroxyl groups excluding tert-OH is 1. The van der Waals surface area contributed by atoms with Crippen LogP contribution in [0.5, 0.6) is 11.5 Å². The smallest absolute Gasteiger partial charge is 0.174 e. The van der Waals surface area contributed by atoms with Crippen molar-refractivity contribution in [2.75, 3.05) is 19.5 Å². The van der Waals surface area contributed by atoms with E-state index in [0.717, 1.165) is 38.9 Å². The third kappa shape index (κ3) is 4.77. The Hall–Kier alpha value is -1.61. The van der Waals surface area contributed by atoms with Gasteiger partial charge in [0, 0.05) is 23.6 Å². The lowest BCUT2D eigenvalue weighted by Gasteiger charge is -2.32. The van der Waals surface area contributed by atoms with E-state index in [1.807, 2.05) is 36.4 Å². The van der Waals surface area contributed by atoms with E-state index in [1.54, 1.807) is 0 Å². The first-order valence-corrected chi connectivity index (χ1v) is 12.2. The largest absolute Gasteiger partial charge is 0.486 e. The zero-order valence-corrected chi connectivity index (χ0v) is 18.4. The van der Waals surface area contributed by atoms with Gasteiger partial charge in [-0.15, -0.1) is 0 Å². The van der Waals surface area contributed by atoms with Gasteiger partial charge in [-0.05, 0) is 41.3 Å². The van der Waals surface area contributed by atoms with Gasteiger partial charge in [-0.2, -0.15) is 0 Å². The van der Waals surface area contributed by atoms with Gasteiger partial charge in [-0.3, -0.25) is 0 Å². The molecule has 8 heteroatoms. The molecule has 6 nitrogen and oxygen atoms in total. The summed E-state index contributed by atoms with van der Waals surface area (Å²) in [5.74, 6) is 1.50. The molecule has 156 valence electrons. The molecule has 1 fully saturated rings. The van der Waals surface area contributed by atoms with Crippen LogP contribution in [0.25, 0.3) is 0 Å². The molecule has 0 aromatic heterocycles. The lowest BCUT2D eigenvalue weighted by atomic mass is 9.96. The fourth-order valence-electron chi connectivity index (χ4n) is 3.70. The Morgan fingerprint density at radius 2 is 1.83 bits per heavy atom. The van der Waals surface area contributed by atoms with Crippen molar-refractivity contribution in [3.05, 3.63) is 57.6 Å². The summed E-state index contributed by atoms with van der Waals surface area (Å²) in [5, 5.41) is 10.2. The van der Waals surface area contributed by atoms with Crippen LogP contribution in [0.1, 0.15) is 35.6 Å². The lowest BCUT2D eigenvalue weighted by Crippen LogP contribution is -2.36. The maximum atomic E-state index is 11.9. The van der Waals surface area contributed by atoms with Crippen molar-refractivity contribution in [3.8, 4) is 11.5 Å². The van der Waals surface area contributed by atoms with Crippen LogP contribution in [-0.2, 0) is 21.0 Å². The first-order valence-electron chi connectivity index (χ1n) is 9.49. The summed E-state index contributed by atoms with van der Waals surface area (Å²) in [4.78, 5) is 0. The molecular formula is C21H23BrO6S. The van der Waals surface area contributed by atoms with Crippen LogP contribution in [0.4, 0.5) is 0 Å². The Labute approximate surface area is 178 Å². The van der Waals surface area contributed by atoms with E-state index < -0.39 is 27.5 Å². The van der Waals surface area contributed by atoms with Gasteiger partial charge in [0.05, 0.1) is 12.2 Å². The second kappa shape index (κ2) is 8.26. The van der Waals surface area contributed by atoms with E-state index in [9.17, 15) is 13.5 Å². The molecule has 0 saturated carbocycles. The summed E-state index contributed by atoms with van der Waals surface area (Å²) >= 11 is 3.60. The number of rotatable bonds is 4. The molecule has 1 saturated heterocycles. The van der Waals surface area contributed by atoms with Crippen LogP contribution in [0.2, 0.25) is 0 Å². The molecule has 0 radical (unpaired) electrons. The van der Waals surface area contributed by atoms with Gasteiger partial charge in [-0.25, -0.2) is 8.42 Å². The Balaban J connectivity index is 1.58. The van der Waals surface area contributed by atoms with Crippen LogP contribution >= 0.6 is 15.9 Å². The second-order valence-corrected chi connectivity index (χ2v) is 10.6. The number of hydrogen-bond acceptors (Lipinski definition) is 6. The number of halogens is 1. The summed E-state index contributed by atoms with van der Waals surface area (Å²) in [7, 11) is -3.39. The molecule has 4 rings (SSSR count). The van der Waals surface area contributed by atoms with Gasteiger partial charge in [0.25, 0.3) is 0 Å². The Bertz CT molecular complexity index is 1010. The molecule has 2 heterocycles. The molecule has 1 N–H and O–H groups in total. The Kier molecular flexibility index (Phi) is 5.88. The van der Waals surface area contributed by atoms with E-state index in [2.05, 4.69) is 15.9 Å². The highest BCUT2D eigenvalue weighted by molar-refractivity contribution is 9.10. The maximum absolute atomic E-state index is 11.9. The van der Waals surface area contributed by atoms with Gasteiger partial charge in [-0.1, -0.05) is 34.1 Å². The molecule has 29 heavy (non-hydrogen) atoms. The monoisotopic (exact) mass is 482 g/mol. The van der Waals surface area contributed by atoms with Crippen LogP contribution in [0, 0.1) is 0 Å². The topological polar surface area (TPSA) is 82.1 Å². The minimum Gasteiger partial charge on any atom is -0.486 e. The van der Waals surface area contributed by atoms with Crippen molar-refractivity contribution in [1.82, 2.24) is 0 Å². The van der Waals surface area contributed by atoms with Crippen molar-refractivity contribution >= 4 is 25.8 Å². The molecule has 2 aromatic carbocycles. The van der Waals surface area contributed by atoms with Gasteiger partial charge >= 0.3 is 0 Å². The molecule has 2 aromatic rings. The molecule has 0 spiro atoms. The van der Waals surface area contributed by atoms with Crippen LogP contribution in [0.15, 0.2) is 40.9 Å². The van der Waals surface area contributed by atoms with Crippen molar-refractivity contribution < 1.29 is 27.7 Å². The standard InChI is InChI=1S/C21H23BrO6S/c1-29(24,25)21-12-16(23)11-19(28-21)14-3-4-17(22)15(10-14)8-13-2-5-18-20(9-13)27-7-6-26-18/h2-5,9-10,16,19,21,23H,6-8,11-12H2,1H3. The van der Waals surface area contributed by atoms with E-state index in [0.29, 0.717) is 26.1 Å². The highest BCUT2D eigenvalue weighted by atomic mass is 79.9. The third-order valence-corrected chi connectivity index (χ3v) is 7.22. The predicted molar refractivity (Wildman–Crippen MR) is 112 cm³/mol. The second-order valence-electron chi connectivity index (χ2n) is 7.51. The number of fused-ring (bicyclic) bond motifs is 1. The van der Waals surface area contributed by atoms with Crippen molar-refractivity contribution in [3.63, 3.8) is 0 Å². The average Bonchev–Trinajstić information content (AvgIpc) is 2.68. The summed E-state index contributed by atoms with van der Waals surface area (Å²) in [6.45, 7) is 1.10. The molecule has 0 bridgehead atoms. The molecule has 3 unspecified atom stereocenters. The highest BCUT2D eigenvalue weighted by Gasteiger charge is 2.35. The molecule has 0 amide bonds. The SMILES string of the molecule is CS(=O)(=O)C1CC(O)CC(c2ccc(Br)c(Cc3ccc4c(c3)OCCO4)c2)O1. The summed E-state index contributed by atoms with van der Waals surface area (Å²) in [6, 6.07) is 11.7. The zero-order valence-electron chi connectivity index (χ0n) is 16.0. The Morgan fingerprint density at radius 3 is 2.59 bits per heavy atom. The highest BCUT2D eigenvalue weighted by Crippen LogP contribution is 2.36. The molecule has 3 atom stereocenters. The van der Waals surface area contributed by atoms with Gasteiger partial charge in [0.2, 0.25) is 0 Å². The lowest BCUT2D eigenvalue weighted by molar-refractivity contribution is -0.0641. The fourth-order valence-corrected chi connectivity index (χ4v) is 4.99. The number of benzene rings is 2. The summed E-state index contributed by atoms with van der Waals surface area (Å²) in [5.41, 5.74) is 1.98. The minimum atomic E-state index is -3.39. The first kappa shape index (κ1) is 20.7. The van der Waals surface area contributed by atoms with Crippen molar-refractivity contribution in [1.29, 1.82) is 0 Å². The van der Waals surface area contributed by atoms with Crippen LogP contribution in [-0.4, -0.2) is 44.5 Å². The van der Waals surface area contributed by atoms with Crippen LogP contribution in [0.3, 0.4) is 0 Å². The normalized spacial score (nSPS) is 24.3. The van der Waals surface area contributed by atoms with E-state index >= 15 is 0 Å². The summed E-state index contributed by atoms with van der Waals surface area (Å²) in [6.07, 6.45) is 1.11. The number of ether oxygens (including phenoxy) is 3. The van der Waals surface area contributed by atoms with E-state index in [-0.39, 0.29) is 6.42 Å².